The van der Waals surface area contributed by atoms with E-state index in [1.807, 2.05) is 13.8 Å². The van der Waals surface area contributed by atoms with Crippen LogP contribution in [0, 0.1) is 5.92 Å². The van der Waals surface area contributed by atoms with Crippen LogP contribution in [0.2, 0.25) is 0 Å². The van der Waals surface area contributed by atoms with Crippen molar-refractivity contribution in [2.45, 2.75) is 32.1 Å². The molecule has 0 saturated heterocycles. The number of primary sulfonamides is 1. The van der Waals surface area contributed by atoms with Gasteiger partial charge in [-0.15, -0.1) is 10.2 Å². The predicted molar refractivity (Wildman–Crippen MR) is 67.6 cm³/mol. The molecule has 8 nitrogen and oxygen atoms in total. The van der Waals surface area contributed by atoms with E-state index < -0.39 is 10.0 Å². The van der Waals surface area contributed by atoms with E-state index in [1.54, 1.807) is 23.1 Å². The first-order valence-corrected chi connectivity index (χ1v) is 7.35. The molecule has 2 rings (SSSR count). The van der Waals surface area contributed by atoms with Crippen molar-refractivity contribution in [3.05, 3.63) is 24.3 Å². The lowest BCUT2D eigenvalue weighted by atomic mass is 10.2. The lowest BCUT2D eigenvalue weighted by Crippen LogP contribution is -2.21. The van der Waals surface area contributed by atoms with Gasteiger partial charge >= 0.3 is 0 Å². The fraction of sp³-hybridized carbons (Fsp3) is 0.500. The molecule has 0 atom stereocenters. The van der Waals surface area contributed by atoms with Gasteiger partial charge in [0.25, 0.3) is 15.2 Å². The Morgan fingerprint density at radius 1 is 1.37 bits per heavy atom. The maximum absolute atomic E-state index is 11.5. The van der Waals surface area contributed by atoms with Gasteiger partial charge < -0.3 is 0 Å². The highest BCUT2D eigenvalue weighted by Gasteiger charge is 2.21. The molecule has 0 saturated carbocycles. The highest BCUT2D eigenvalue weighted by Crippen LogP contribution is 2.11. The zero-order chi connectivity index (χ0) is 14.0. The summed E-state index contributed by atoms with van der Waals surface area (Å²) in [6.07, 6.45) is 3.41. The van der Waals surface area contributed by atoms with Crippen molar-refractivity contribution in [2.24, 2.45) is 11.1 Å². The summed E-state index contributed by atoms with van der Waals surface area (Å²) < 4.78 is 26.1. The van der Waals surface area contributed by atoms with E-state index in [2.05, 4.69) is 15.3 Å². The Morgan fingerprint density at radius 3 is 2.63 bits per heavy atom. The lowest BCUT2D eigenvalue weighted by Gasteiger charge is -2.11. The molecule has 2 aromatic heterocycles. The first kappa shape index (κ1) is 13.7. The van der Waals surface area contributed by atoms with E-state index in [-0.39, 0.29) is 11.1 Å². The van der Waals surface area contributed by atoms with Crippen LogP contribution in [0.1, 0.15) is 19.7 Å². The highest BCUT2D eigenvalue weighted by molar-refractivity contribution is 7.89. The van der Waals surface area contributed by atoms with Gasteiger partial charge in [-0.3, -0.25) is 9.25 Å². The summed E-state index contributed by atoms with van der Waals surface area (Å²) in [5.74, 6) is 0.759. The number of hydrogen-bond donors (Lipinski definition) is 1. The topological polar surface area (TPSA) is 109 Å². The molecule has 0 fully saturated rings. The number of nitrogens with zero attached hydrogens (tertiary/aromatic N) is 5. The Morgan fingerprint density at radius 2 is 2.11 bits per heavy atom. The highest BCUT2D eigenvalue weighted by atomic mass is 32.2. The van der Waals surface area contributed by atoms with Gasteiger partial charge in [0.1, 0.15) is 6.54 Å². The van der Waals surface area contributed by atoms with Crippen LogP contribution in [0.3, 0.4) is 0 Å². The zero-order valence-electron chi connectivity index (χ0n) is 10.8. The molecule has 0 aromatic carbocycles. The van der Waals surface area contributed by atoms with Crippen molar-refractivity contribution >= 4 is 10.0 Å². The Hall–Kier alpha value is -1.74. The quantitative estimate of drug-likeness (QED) is 0.819. The Labute approximate surface area is 111 Å². The van der Waals surface area contributed by atoms with Gasteiger partial charge in [0.15, 0.2) is 5.82 Å². The van der Waals surface area contributed by atoms with E-state index in [1.165, 1.54) is 4.57 Å². The molecule has 104 valence electrons. The largest absolute Gasteiger partial charge is 0.299 e. The van der Waals surface area contributed by atoms with Crippen LogP contribution in [0.25, 0.3) is 0 Å². The summed E-state index contributed by atoms with van der Waals surface area (Å²) in [5.41, 5.74) is 0. The molecule has 0 aliphatic carbocycles. The summed E-state index contributed by atoms with van der Waals surface area (Å²) in [6, 6.07) is 1.78. The summed E-state index contributed by atoms with van der Waals surface area (Å²) in [6.45, 7) is 4.78. The lowest BCUT2D eigenvalue weighted by molar-refractivity contribution is 0.461. The zero-order valence-corrected chi connectivity index (χ0v) is 11.6. The number of nitrogens with two attached hydrogens (primary N) is 1. The third-order valence-electron chi connectivity index (χ3n) is 2.46. The number of hydrogen-bond acceptors (Lipinski definition) is 5. The normalized spacial score (nSPS) is 12.2. The summed E-state index contributed by atoms with van der Waals surface area (Å²) in [4.78, 5) is 0. The molecule has 9 heteroatoms. The second kappa shape index (κ2) is 5.10. The molecule has 2 aromatic rings. The van der Waals surface area contributed by atoms with E-state index in [4.69, 9.17) is 5.14 Å². The molecule has 0 amide bonds. The van der Waals surface area contributed by atoms with E-state index >= 15 is 0 Å². The van der Waals surface area contributed by atoms with Crippen LogP contribution in [0.4, 0.5) is 0 Å². The third-order valence-corrected chi connectivity index (χ3v) is 3.27. The van der Waals surface area contributed by atoms with Crippen molar-refractivity contribution in [1.82, 2.24) is 24.5 Å². The van der Waals surface area contributed by atoms with Crippen LogP contribution in [-0.2, 0) is 23.1 Å². The van der Waals surface area contributed by atoms with Gasteiger partial charge in [0.05, 0.1) is 0 Å². The van der Waals surface area contributed by atoms with Crippen molar-refractivity contribution in [3.8, 4) is 0 Å². The minimum absolute atomic E-state index is 0.205. The van der Waals surface area contributed by atoms with Crippen molar-refractivity contribution in [2.75, 3.05) is 0 Å². The predicted octanol–water partition coefficient (Wildman–Crippen LogP) is -0.174. The third kappa shape index (κ3) is 3.18. The van der Waals surface area contributed by atoms with E-state index in [9.17, 15) is 8.42 Å². The smallest absolute Gasteiger partial charge is 0.273 e. The first-order chi connectivity index (χ1) is 8.88. The second-order valence-corrected chi connectivity index (χ2v) is 6.11. The van der Waals surface area contributed by atoms with E-state index in [0.717, 1.165) is 0 Å². The molecule has 0 radical (unpaired) electrons. The van der Waals surface area contributed by atoms with Crippen molar-refractivity contribution < 1.29 is 8.42 Å². The molecule has 0 unspecified atom stereocenters. The Balaban J connectivity index is 2.41. The number of aromatic nitrogens is 5. The molecule has 2 heterocycles. The first-order valence-electron chi connectivity index (χ1n) is 5.80. The fourth-order valence-corrected chi connectivity index (χ4v) is 2.38. The van der Waals surface area contributed by atoms with Crippen molar-refractivity contribution in [1.29, 1.82) is 0 Å². The minimum Gasteiger partial charge on any atom is -0.299 e. The van der Waals surface area contributed by atoms with Crippen LogP contribution in [0.15, 0.2) is 23.6 Å². The minimum atomic E-state index is -3.88. The standard InChI is InChI=1S/C10H16N6O2S/c1-8(2)6-16-9(7-15-5-3-4-12-15)13-14-10(16)19(11,17)18/h3-5,8H,6-7H2,1-2H3,(H2,11,17,18). The van der Waals surface area contributed by atoms with Gasteiger partial charge in [-0.2, -0.15) is 5.10 Å². The monoisotopic (exact) mass is 284 g/mol. The number of rotatable bonds is 5. The molecular weight excluding hydrogens is 268 g/mol. The average molecular weight is 284 g/mol. The van der Waals surface area contributed by atoms with Crippen LogP contribution in [-0.4, -0.2) is 33.0 Å². The van der Waals surface area contributed by atoms with Gasteiger partial charge in [0, 0.05) is 18.9 Å². The SMILES string of the molecule is CC(C)Cn1c(Cn2cccn2)nnc1S(N)(=O)=O. The summed E-state index contributed by atoms with van der Waals surface area (Å²) >= 11 is 0. The van der Waals surface area contributed by atoms with Crippen LogP contribution < -0.4 is 5.14 Å². The molecule has 2 N–H and O–H groups in total. The average Bonchev–Trinajstić information content (AvgIpc) is 2.88. The van der Waals surface area contributed by atoms with Crippen molar-refractivity contribution in [3.63, 3.8) is 0 Å². The Kier molecular flexibility index (Phi) is 3.67. The fourth-order valence-electron chi connectivity index (χ4n) is 1.73. The summed E-state index contributed by atoms with van der Waals surface area (Å²) in [7, 11) is -3.88. The summed E-state index contributed by atoms with van der Waals surface area (Å²) in [5, 5.41) is 16.6. The number of sulfonamides is 1. The van der Waals surface area contributed by atoms with Gasteiger partial charge in [0.2, 0.25) is 0 Å². The van der Waals surface area contributed by atoms with Crippen LogP contribution in [0.5, 0.6) is 0 Å². The molecule has 19 heavy (non-hydrogen) atoms. The van der Waals surface area contributed by atoms with Gasteiger partial charge in [-0.25, -0.2) is 13.6 Å². The molecule has 0 aliphatic heterocycles. The molecule has 0 bridgehead atoms. The van der Waals surface area contributed by atoms with Crippen LogP contribution >= 0.6 is 0 Å². The van der Waals surface area contributed by atoms with Gasteiger partial charge in [-0.1, -0.05) is 13.8 Å². The molecule has 0 aliphatic rings. The maximum Gasteiger partial charge on any atom is 0.273 e. The second-order valence-electron chi connectivity index (χ2n) is 4.65. The molecule has 0 spiro atoms. The van der Waals surface area contributed by atoms with Gasteiger partial charge in [-0.05, 0) is 12.0 Å². The molecular formula is C10H16N6O2S. The maximum atomic E-state index is 11.5. The Bertz CT molecular complexity index is 644. The van der Waals surface area contributed by atoms with E-state index in [0.29, 0.717) is 18.9 Å².